The molecule has 1 fully saturated rings. The maximum atomic E-state index is 13.5. The third-order valence-corrected chi connectivity index (χ3v) is 11.2. The van der Waals surface area contributed by atoms with Crippen molar-refractivity contribution >= 4 is 54.9 Å². The van der Waals surface area contributed by atoms with Gasteiger partial charge in [0.15, 0.2) is 5.78 Å². The molecule has 3 heterocycles. The highest BCUT2D eigenvalue weighted by atomic mass is 35.5. The average molecular weight is 595 g/mol. The number of carbonyl (C=O) groups is 1. The van der Waals surface area contributed by atoms with Crippen molar-refractivity contribution in [3.63, 3.8) is 0 Å². The number of hydrogen-bond donors (Lipinski definition) is 0. The number of anilines is 1. The third kappa shape index (κ3) is 5.68. The summed E-state index contributed by atoms with van der Waals surface area (Å²) < 4.78 is 60.9. The van der Waals surface area contributed by atoms with Crippen molar-refractivity contribution in [3.05, 3.63) is 39.9 Å². The Morgan fingerprint density at radius 2 is 1.84 bits per heavy atom. The largest absolute Gasteiger partial charge is 0.474 e. The van der Waals surface area contributed by atoms with E-state index in [9.17, 15) is 21.6 Å². The van der Waals surface area contributed by atoms with Crippen molar-refractivity contribution < 1.29 is 26.4 Å². The molecule has 204 valence electrons. The Balaban J connectivity index is 1.51. The quantitative estimate of drug-likeness (QED) is 0.345. The lowest BCUT2D eigenvalue weighted by molar-refractivity contribution is 0.0899. The minimum Gasteiger partial charge on any atom is -0.474 e. The zero-order valence-electron chi connectivity index (χ0n) is 20.7. The first-order chi connectivity index (χ1) is 17.2. The minimum atomic E-state index is -4.01. The number of alkyl halides is 1. The van der Waals surface area contributed by atoms with Gasteiger partial charge in [0, 0.05) is 57.1 Å². The van der Waals surface area contributed by atoms with Gasteiger partial charge in [-0.15, -0.1) is 11.6 Å². The van der Waals surface area contributed by atoms with E-state index in [0.29, 0.717) is 13.1 Å². The molecule has 1 aromatic rings. The van der Waals surface area contributed by atoms with Gasteiger partial charge in [0.2, 0.25) is 5.88 Å². The van der Waals surface area contributed by atoms with Crippen LogP contribution in [0.5, 0.6) is 5.88 Å². The number of pyridine rings is 1. The van der Waals surface area contributed by atoms with Crippen molar-refractivity contribution in [1.29, 1.82) is 0 Å². The Morgan fingerprint density at radius 1 is 1.16 bits per heavy atom. The average Bonchev–Trinajstić information content (AvgIpc) is 2.85. The number of ether oxygens (including phenoxy) is 1. The molecule has 1 saturated heterocycles. The lowest BCUT2D eigenvalue weighted by atomic mass is 10.0. The summed E-state index contributed by atoms with van der Waals surface area (Å²) in [7, 11) is -4.56. The van der Waals surface area contributed by atoms with E-state index < -0.39 is 25.1 Å². The number of ketones is 1. The third-order valence-electron chi connectivity index (χ3n) is 6.48. The van der Waals surface area contributed by atoms with Crippen LogP contribution in [0.2, 0.25) is 0 Å². The fourth-order valence-corrected chi connectivity index (χ4v) is 7.15. The predicted molar refractivity (Wildman–Crippen MR) is 142 cm³/mol. The van der Waals surface area contributed by atoms with Crippen molar-refractivity contribution in [2.45, 2.75) is 18.2 Å². The Hall–Kier alpha value is -1.74. The van der Waals surface area contributed by atoms with Gasteiger partial charge < -0.3 is 4.74 Å². The predicted octanol–water partition coefficient (Wildman–Crippen LogP) is 1.62. The van der Waals surface area contributed by atoms with Gasteiger partial charge in [-0.3, -0.25) is 14.0 Å². The summed E-state index contributed by atoms with van der Waals surface area (Å²) in [6.45, 7) is 3.21. The molecule has 11 nitrogen and oxygen atoms in total. The van der Waals surface area contributed by atoms with Crippen LogP contribution in [-0.2, 0) is 20.2 Å². The number of rotatable bonds is 7. The number of carbonyl (C=O) groups excluding carboxylic acids is 1. The molecule has 4 rings (SSSR count). The van der Waals surface area contributed by atoms with E-state index in [1.54, 1.807) is 6.92 Å². The van der Waals surface area contributed by atoms with Crippen LogP contribution in [0.3, 0.4) is 0 Å². The van der Waals surface area contributed by atoms with E-state index in [1.807, 2.05) is 4.90 Å². The molecule has 0 spiro atoms. The zero-order chi connectivity index (χ0) is 27.2. The Labute approximate surface area is 227 Å². The number of halogens is 2. The molecule has 1 atom stereocenters. The summed E-state index contributed by atoms with van der Waals surface area (Å²) in [5, 5.41) is 0.226. The summed E-state index contributed by atoms with van der Waals surface area (Å²) >= 11 is 12.6. The SMILES string of the molecule is CN(C)S(=O)(=O)N1CCN(CC(=O)c2cnc3c(c2)N(S(=O)(=O)C2=CCC(C)(Cl)C(Cl)=C2)CCO3)CC1. The fourth-order valence-electron chi connectivity index (χ4n) is 4.15. The first-order valence-corrected chi connectivity index (χ1v) is 15.2. The Morgan fingerprint density at radius 3 is 2.46 bits per heavy atom. The summed E-state index contributed by atoms with van der Waals surface area (Å²) in [4.78, 5) is 18.3. The molecule has 0 bridgehead atoms. The topological polar surface area (TPSA) is 120 Å². The highest BCUT2D eigenvalue weighted by Gasteiger charge is 2.37. The molecule has 2 aliphatic heterocycles. The molecular weight excluding hydrogens is 565 g/mol. The van der Waals surface area contributed by atoms with Crippen LogP contribution in [0, 0.1) is 0 Å². The molecule has 37 heavy (non-hydrogen) atoms. The van der Waals surface area contributed by atoms with Crippen molar-refractivity contribution in [3.8, 4) is 5.88 Å². The van der Waals surface area contributed by atoms with E-state index in [1.165, 1.54) is 47.1 Å². The lowest BCUT2D eigenvalue weighted by Gasteiger charge is -2.34. The molecule has 0 amide bonds. The minimum absolute atomic E-state index is 0.0192. The van der Waals surface area contributed by atoms with Gasteiger partial charge in [0.05, 0.1) is 22.9 Å². The van der Waals surface area contributed by atoms with E-state index in [2.05, 4.69) is 4.98 Å². The monoisotopic (exact) mass is 593 g/mol. The van der Waals surface area contributed by atoms with Gasteiger partial charge in [-0.25, -0.2) is 13.4 Å². The number of hydrogen-bond acceptors (Lipinski definition) is 8. The summed E-state index contributed by atoms with van der Waals surface area (Å²) in [6.07, 6.45) is 4.48. The first-order valence-electron chi connectivity index (χ1n) is 11.6. The van der Waals surface area contributed by atoms with Gasteiger partial charge in [-0.2, -0.15) is 17.0 Å². The van der Waals surface area contributed by atoms with E-state index in [0.717, 1.165) is 4.31 Å². The van der Waals surface area contributed by atoms with Gasteiger partial charge in [-0.05, 0) is 25.5 Å². The second-order valence-corrected chi connectivity index (χ2v) is 14.6. The molecular formula is C22H29Cl2N5O6S2. The molecule has 0 N–H and O–H groups in total. The highest BCUT2D eigenvalue weighted by Crippen LogP contribution is 2.40. The summed E-state index contributed by atoms with van der Waals surface area (Å²) in [5.41, 5.74) is 0.399. The van der Waals surface area contributed by atoms with Gasteiger partial charge in [0.25, 0.3) is 20.2 Å². The van der Waals surface area contributed by atoms with Crippen LogP contribution in [0.1, 0.15) is 23.7 Å². The van der Waals surface area contributed by atoms with Crippen LogP contribution >= 0.6 is 23.2 Å². The van der Waals surface area contributed by atoms with Crippen molar-refractivity contribution in [2.24, 2.45) is 0 Å². The number of nitrogens with zero attached hydrogens (tertiary/aromatic N) is 5. The fraction of sp³-hybridized carbons (Fsp3) is 0.545. The van der Waals surface area contributed by atoms with Gasteiger partial charge in [-0.1, -0.05) is 17.7 Å². The van der Waals surface area contributed by atoms with E-state index >= 15 is 0 Å². The Bertz CT molecular complexity index is 1350. The molecule has 1 unspecified atom stereocenters. The summed E-state index contributed by atoms with van der Waals surface area (Å²) in [6, 6.07) is 1.47. The van der Waals surface area contributed by atoms with Crippen molar-refractivity contribution in [2.75, 3.05) is 64.3 Å². The normalized spacial score (nSPS) is 23.8. The smallest absolute Gasteiger partial charge is 0.281 e. The number of aromatic nitrogens is 1. The van der Waals surface area contributed by atoms with Crippen LogP contribution in [0.4, 0.5) is 5.69 Å². The number of sulfonamides is 1. The van der Waals surface area contributed by atoms with E-state index in [4.69, 9.17) is 27.9 Å². The second kappa shape index (κ2) is 10.4. The zero-order valence-corrected chi connectivity index (χ0v) is 23.9. The standard InChI is InChI=1S/C22H29Cl2N5O6S2/c1-22(24)5-4-17(13-20(22)23)36(31,32)29-10-11-35-21-18(29)12-16(14-25-21)19(30)15-27-6-8-28(9-7-27)37(33,34)26(2)3/h4,12-14H,5-11,15H2,1-3H3. The van der Waals surface area contributed by atoms with E-state index in [-0.39, 0.29) is 72.1 Å². The second-order valence-electron chi connectivity index (χ2n) is 9.36. The highest BCUT2D eigenvalue weighted by molar-refractivity contribution is 7.96. The van der Waals surface area contributed by atoms with Gasteiger partial charge in [0.1, 0.15) is 12.3 Å². The maximum Gasteiger partial charge on any atom is 0.281 e. The van der Waals surface area contributed by atoms with Crippen molar-refractivity contribution in [1.82, 2.24) is 18.5 Å². The van der Waals surface area contributed by atoms with Gasteiger partial charge >= 0.3 is 0 Å². The van der Waals surface area contributed by atoms with Crippen LogP contribution in [0.15, 0.2) is 34.4 Å². The van der Waals surface area contributed by atoms with Crippen LogP contribution < -0.4 is 9.04 Å². The molecule has 0 aromatic carbocycles. The molecule has 3 aliphatic rings. The molecule has 15 heteroatoms. The lowest BCUT2D eigenvalue weighted by Crippen LogP contribution is -2.52. The molecule has 0 radical (unpaired) electrons. The van der Waals surface area contributed by atoms with Crippen LogP contribution in [-0.4, -0.2) is 106 Å². The summed E-state index contributed by atoms with van der Waals surface area (Å²) in [5.74, 6) is -0.151. The van der Waals surface area contributed by atoms with Crippen LogP contribution in [0.25, 0.3) is 0 Å². The molecule has 0 saturated carbocycles. The molecule has 1 aliphatic carbocycles. The Kier molecular flexibility index (Phi) is 7.98. The number of fused-ring (bicyclic) bond motifs is 1. The molecule has 1 aromatic heterocycles. The number of Topliss-reactive ketones (excluding diaryl/α,β-unsaturated/α-hetero) is 1. The maximum absolute atomic E-state index is 13.5. The first kappa shape index (κ1) is 28.3. The number of piperazine rings is 1. The number of allylic oxidation sites excluding steroid dienone is 3.